The molecule has 1 fully saturated rings. The van der Waals surface area contributed by atoms with E-state index in [9.17, 15) is 14.1 Å². The third-order valence-corrected chi connectivity index (χ3v) is 5.75. The third-order valence-electron chi connectivity index (χ3n) is 4.00. The van der Waals surface area contributed by atoms with Gasteiger partial charge >= 0.3 is 5.97 Å². The fourth-order valence-corrected chi connectivity index (χ4v) is 4.27. The SMILES string of the molecule is Cc1ccccc1S(=O)CC1(O)CCC(C(=O)O)CC1. The molecule has 2 N–H and O–H groups in total. The fraction of sp³-hybridized carbons (Fsp3) is 0.533. The first-order valence-corrected chi connectivity index (χ1v) is 8.12. The van der Waals surface area contributed by atoms with Gasteiger partial charge in [-0.2, -0.15) is 0 Å². The Bertz CT molecular complexity index is 518. The van der Waals surface area contributed by atoms with E-state index in [2.05, 4.69) is 0 Å². The number of carboxylic acid groups (broad SMARTS) is 1. The Labute approximate surface area is 121 Å². The number of aliphatic hydroxyl groups is 1. The fourth-order valence-electron chi connectivity index (χ4n) is 2.68. The summed E-state index contributed by atoms with van der Waals surface area (Å²) >= 11 is 0. The molecule has 5 heteroatoms. The lowest BCUT2D eigenvalue weighted by Gasteiger charge is -2.34. The molecule has 0 amide bonds. The van der Waals surface area contributed by atoms with Crippen LogP contribution in [0.1, 0.15) is 31.2 Å². The topological polar surface area (TPSA) is 74.6 Å². The van der Waals surface area contributed by atoms with Crippen LogP contribution in [0.15, 0.2) is 29.2 Å². The van der Waals surface area contributed by atoms with Crippen molar-refractivity contribution in [1.82, 2.24) is 0 Å². The summed E-state index contributed by atoms with van der Waals surface area (Å²) in [5.41, 5.74) is -0.0484. The van der Waals surface area contributed by atoms with Gasteiger partial charge < -0.3 is 10.2 Å². The highest BCUT2D eigenvalue weighted by Gasteiger charge is 2.37. The minimum Gasteiger partial charge on any atom is -0.481 e. The number of hydrogen-bond acceptors (Lipinski definition) is 3. The van der Waals surface area contributed by atoms with E-state index in [0.29, 0.717) is 25.7 Å². The molecule has 20 heavy (non-hydrogen) atoms. The smallest absolute Gasteiger partial charge is 0.306 e. The zero-order valence-corrected chi connectivity index (χ0v) is 12.4. The number of hydrogen-bond donors (Lipinski definition) is 2. The Morgan fingerprint density at radius 1 is 1.35 bits per heavy atom. The molecule has 0 saturated heterocycles. The zero-order valence-electron chi connectivity index (χ0n) is 11.5. The van der Waals surface area contributed by atoms with Crippen LogP contribution in [0.2, 0.25) is 0 Å². The number of carbonyl (C=O) groups is 1. The van der Waals surface area contributed by atoms with Gasteiger partial charge in [0, 0.05) is 4.90 Å². The van der Waals surface area contributed by atoms with Crippen LogP contribution in [-0.2, 0) is 15.6 Å². The molecule has 1 aliphatic carbocycles. The van der Waals surface area contributed by atoms with Crippen molar-refractivity contribution in [3.63, 3.8) is 0 Å². The number of aryl methyl sites for hydroxylation is 1. The first-order valence-electron chi connectivity index (χ1n) is 6.80. The highest BCUT2D eigenvalue weighted by atomic mass is 32.2. The lowest BCUT2D eigenvalue weighted by atomic mass is 9.80. The largest absolute Gasteiger partial charge is 0.481 e. The molecule has 1 atom stereocenters. The van der Waals surface area contributed by atoms with Crippen LogP contribution in [0.25, 0.3) is 0 Å². The second-order valence-corrected chi connectivity index (χ2v) is 7.01. The molecule has 110 valence electrons. The van der Waals surface area contributed by atoms with Gasteiger partial charge in [-0.15, -0.1) is 0 Å². The van der Waals surface area contributed by atoms with E-state index in [1.54, 1.807) is 0 Å². The van der Waals surface area contributed by atoms with Crippen LogP contribution in [-0.4, -0.2) is 31.7 Å². The van der Waals surface area contributed by atoms with Crippen molar-refractivity contribution in [3.8, 4) is 0 Å². The highest BCUT2D eigenvalue weighted by molar-refractivity contribution is 7.85. The van der Waals surface area contributed by atoms with Gasteiger partial charge in [0.25, 0.3) is 0 Å². The van der Waals surface area contributed by atoms with Crippen LogP contribution in [0.3, 0.4) is 0 Å². The number of aliphatic carboxylic acids is 1. The molecule has 0 aromatic heterocycles. The van der Waals surface area contributed by atoms with E-state index in [1.807, 2.05) is 31.2 Å². The van der Waals surface area contributed by atoms with E-state index >= 15 is 0 Å². The average Bonchev–Trinajstić information content (AvgIpc) is 2.39. The average molecular weight is 296 g/mol. The first kappa shape index (κ1) is 15.2. The predicted molar refractivity (Wildman–Crippen MR) is 77.0 cm³/mol. The maximum absolute atomic E-state index is 12.4. The Balaban J connectivity index is 2.02. The molecule has 0 heterocycles. The monoisotopic (exact) mass is 296 g/mol. The lowest BCUT2D eigenvalue weighted by Crippen LogP contribution is -2.40. The Kier molecular flexibility index (Phi) is 4.60. The first-order chi connectivity index (χ1) is 9.41. The van der Waals surface area contributed by atoms with Gasteiger partial charge in [-0.25, -0.2) is 0 Å². The summed E-state index contributed by atoms with van der Waals surface area (Å²) in [5.74, 6) is -0.987. The van der Waals surface area contributed by atoms with Crippen molar-refractivity contribution < 1.29 is 19.2 Å². The molecular weight excluding hydrogens is 276 g/mol. The molecule has 0 spiro atoms. The van der Waals surface area contributed by atoms with Gasteiger partial charge in [0.15, 0.2) is 0 Å². The van der Waals surface area contributed by atoms with Gasteiger partial charge in [-0.05, 0) is 44.2 Å². The van der Waals surface area contributed by atoms with E-state index < -0.39 is 22.4 Å². The van der Waals surface area contributed by atoms with Crippen LogP contribution in [0.5, 0.6) is 0 Å². The van der Waals surface area contributed by atoms with Crippen molar-refractivity contribution in [3.05, 3.63) is 29.8 Å². The third kappa shape index (κ3) is 3.46. The molecule has 0 bridgehead atoms. The summed E-state index contributed by atoms with van der Waals surface area (Å²) < 4.78 is 12.4. The summed E-state index contributed by atoms with van der Waals surface area (Å²) in [7, 11) is -1.25. The van der Waals surface area contributed by atoms with E-state index in [0.717, 1.165) is 10.5 Å². The second-order valence-electron chi connectivity index (χ2n) is 5.59. The standard InChI is InChI=1S/C15H20O4S/c1-11-4-2-3-5-13(11)20(19)10-15(18)8-6-12(7-9-15)14(16)17/h2-5,12,18H,6-10H2,1H3,(H,16,17). The maximum atomic E-state index is 12.4. The summed E-state index contributed by atoms with van der Waals surface area (Å²) in [5, 5.41) is 19.5. The minimum absolute atomic E-state index is 0.185. The van der Waals surface area contributed by atoms with Crippen molar-refractivity contribution >= 4 is 16.8 Å². The molecule has 1 aromatic carbocycles. The normalized spacial score (nSPS) is 28.0. The Hall–Kier alpha value is -1.20. The predicted octanol–water partition coefficient (Wildman–Crippen LogP) is 2.11. The van der Waals surface area contributed by atoms with Crippen molar-refractivity contribution in [1.29, 1.82) is 0 Å². The number of carboxylic acids is 1. The van der Waals surface area contributed by atoms with Gasteiger partial charge in [0.1, 0.15) is 0 Å². The summed E-state index contributed by atoms with van der Waals surface area (Å²) in [6.07, 6.45) is 1.72. The van der Waals surface area contributed by atoms with Crippen LogP contribution in [0, 0.1) is 12.8 Å². The van der Waals surface area contributed by atoms with Crippen LogP contribution < -0.4 is 0 Å². The van der Waals surface area contributed by atoms with Crippen molar-refractivity contribution in [2.75, 3.05) is 5.75 Å². The lowest BCUT2D eigenvalue weighted by molar-refractivity contribution is -0.144. The summed E-state index contributed by atoms with van der Waals surface area (Å²) in [6.45, 7) is 1.90. The highest BCUT2D eigenvalue weighted by Crippen LogP contribution is 2.33. The van der Waals surface area contributed by atoms with E-state index in [-0.39, 0.29) is 11.7 Å². The second kappa shape index (κ2) is 6.06. The zero-order chi connectivity index (χ0) is 14.8. The number of rotatable bonds is 4. The molecule has 1 aromatic rings. The maximum Gasteiger partial charge on any atom is 0.306 e. The molecular formula is C15H20O4S. The van der Waals surface area contributed by atoms with Crippen LogP contribution in [0.4, 0.5) is 0 Å². The van der Waals surface area contributed by atoms with Crippen LogP contribution >= 0.6 is 0 Å². The molecule has 1 unspecified atom stereocenters. The van der Waals surface area contributed by atoms with Gasteiger partial charge in [0.05, 0.1) is 28.1 Å². The van der Waals surface area contributed by atoms with Gasteiger partial charge in [-0.1, -0.05) is 18.2 Å². The molecule has 0 aliphatic heterocycles. The Morgan fingerprint density at radius 3 is 2.50 bits per heavy atom. The number of benzene rings is 1. The van der Waals surface area contributed by atoms with Gasteiger partial charge in [0.2, 0.25) is 0 Å². The molecule has 4 nitrogen and oxygen atoms in total. The van der Waals surface area contributed by atoms with Crippen molar-refractivity contribution in [2.45, 2.75) is 43.1 Å². The minimum atomic E-state index is -1.25. The van der Waals surface area contributed by atoms with Crippen molar-refractivity contribution in [2.24, 2.45) is 5.92 Å². The molecule has 0 radical (unpaired) electrons. The quantitative estimate of drug-likeness (QED) is 0.892. The van der Waals surface area contributed by atoms with Gasteiger partial charge in [-0.3, -0.25) is 9.00 Å². The molecule has 2 rings (SSSR count). The molecule has 1 saturated carbocycles. The van der Waals surface area contributed by atoms with E-state index in [1.165, 1.54) is 0 Å². The molecule has 1 aliphatic rings. The summed E-state index contributed by atoms with van der Waals surface area (Å²) in [6, 6.07) is 7.45. The van der Waals surface area contributed by atoms with E-state index in [4.69, 9.17) is 5.11 Å². The summed E-state index contributed by atoms with van der Waals surface area (Å²) in [4.78, 5) is 11.7. The Morgan fingerprint density at radius 2 is 1.95 bits per heavy atom.